The van der Waals surface area contributed by atoms with Crippen molar-refractivity contribution in [2.24, 2.45) is 0 Å². The first-order valence-electron chi connectivity index (χ1n) is 6.98. The van der Waals surface area contributed by atoms with Crippen molar-refractivity contribution in [1.29, 1.82) is 0 Å². The molecule has 126 valence electrons. The zero-order valence-corrected chi connectivity index (χ0v) is 13.6. The summed E-state index contributed by atoms with van der Waals surface area (Å²) in [6.07, 6.45) is 1.00. The Morgan fingerprint density at radius 3 is 2.17 bits per heavy atom. The molecule has 0 aliphatic heterocycles. The smallest absolute Gasteiger partial charge is 0.335 e. The number of ether oxygens (including phenoxy) is 4. The van der Waals surface area contributed by atoms with Crippen LogP contribution in [0.25, 0.3) is 11.1 Å². The van der Waals surface area contributed by atoms with E-state index in [0.29, 0.717) is 22.8 Å². The van der Waals surface area contributed by atoms with Crippen molar-refractivity contribution in [2.45, 2.75) is 0 Å². The van der Waals surface area contributed by atoms with Crippen LogP contribution in [0.15, 0.2) is 43.0 Å². The lowest BCUT2D eigenvalue weighted by atomic mass is 10.0. The molecule has 24 heavy (non-hydrogen) atoms. The summed E-state index contributed by atoms with van der Waals surface area (Å²) in [5, 5.41) is 0. The molecule has 0 heterocycles. The molecule has 2 aromatic carbocycles. The van der Waals surface area contributed by atoms with E-state index in [1.807, 2.05) is 0 Å². The van der Waals surface area contributed by atoms with Crippen molar-refractivity contribution in [1.82, 2.24) is 0 Å². The maximum atomic E-state index is 14.4. The minimum Gasteiger partial charge on any atom is -0.493 e. The number of methoxy groups -OCH3 is 3. The van der Waals surface area contributed by atoms with E-state index in [9.17, 15) is 9.18 Å². The fourth-order valence-electron chi connectivity index (χ4n) is 2.25. The molecular weight excluding hydrogens is 315 g/mol. The lowest BCUT2D eigenvalue weighted by molar-refractivity contribution is -0.128. The average Bonchev–Trinajstić information content (AvgIpc) is 2.60. The first-order chi connectivity index (χ1) is 11.5. The summed E-state index contributed by atoms with van der Waals surface area (Å²) in [6.45, 7) is 3.33. The quantitative estimate of drug-likeness (QED) is 0.459. The lowest BCUT2D eigenvalue weighted by Gasteiger charge is -2.16. The maximum Gasteiger partial charge on any atom is 0.335 e. The summed E-state index contributed by atoms with van der Waals surface area (Å²) in [7, 11) is 4.39. The highest BCUT2D eigenvalue weighted by Gasteiger charge is 2.19. The van der Waals surface area contributed by atoms with Crippen molar-refractivity contribution in [2.75, 3.05) is 21.3 Å². The van der Waals surface area contributed by atoms with E-state index in [4.69, 9.17) is 18.9 Å². The molecule has 0 radical (unpaired) electrons. The number of carbonyl (C=O) groups is 1. The van der Waals surface area contributed by atoms with Crippen LogP contribution in [0, 0.1) is 5.82 Å². The first kappa shape index (κ1) is 17.3. The molecule has 0 bridgehead atoms. The van der Waals surface area contributed by atoms with Gasteiger partial charge in [-0.3, -0.25) is 0 Å². The Kier molecular flexibility index (Phi) is 5.42. The predicted octanol–water partition coefficient (Wildman–Crippen LogP) is 3.61. The van der Waals surface area contributed by atoms with Crippen LogP contribution < -0.4 is 18.9 Å². The molecule has 0 unspecified atom stereocenters. The highest BCUT2D eigenvalue weighted by atomic mass is 19.1. The van der Waals surface area contributed by atoms with E-state index >= 15 is 0 Å². The number of halogens is 1. The monoisotopic (exact) mass is 332 g/mol. The molecule has 2 aromatic rings. The van der Waals surface area contributed by atoms with Gasteiger partial charge < -0.3 is 18.9 Å². The van der Waals surface area contributed by atoms with E-state index in [-0.39, 0.29) is 11.3 Å². The second kappa shape index (κ2) is 7.50. The van der Waals surface area contributed by atoms with Crippen LogP contribution in [0.2, 0.25) is 0 Å². The van der Waals surface area contributed by atoms with Gasteiger partial charge in [-0.25, -0.2) is 9.18 Å². The van der Waals surface area contributed by atoms with Gasteiger partial charge in [-0.1, -0.05) is 12.6 Å². The molecule has 0 spiro atoms. The minimum absolute atomic E-state index is 0.0640. The van der Waals surface area contributed by atoms with Crippen LogP contribution in [-0.4, -0.2) is 27.3 Å². The van der Waals surface area contributed by atoms with Crippen molar-refractivity contribution < 1.29 is 28.1 Å². The first-order valence-corrected chi connectivity index (χ1v) is 6.98. The molecule has 0 aliphatic rings. The van der Waals surface area contributed by atoms with Crippen LogP contribution in [0.3, 0.4) is 0 Å². The van der Waals surface area contributed by atoms with Gasteiger partial charge in [-0.15, -0.1) is 0 Å². The van der Waals surface area contributed by atoms with Gasteiger partial charge >= 0.3 is 5.97 Å². The van der Waals surface area contributed by atoms with Gasteiger partial charge in [0.1, 0.15) is 11.6 Å². The summed E-state index contributed by atoms with van der Waals surface area (Å²) in [6, 6.07) is 7.35. The molecule has 0 N–H and O–H groups in total. The van der Waals surface area contributed by atoms with Crippen LogP contribution in [0.5, 0.6) is 23.0 Å². The number of esters is 1. The van der Waals surface area contributed by atoms with E-state index in [2.05, 4.69) is 6.58 Å². The van der Waals surface area contributed by atoms with E-state index in [1.54, 1.807) is 12.1 Å². The largest absolute Gasteiger partial charge is 0.493 e. The van der Waals surface area contributed by atoms with Crippen LogP contribution in [0.1, 0.15) is 0 Å². The SMILES string of the molecule is C=CC(=O)Oc1cccc(F)c1-c1cc(OC)c(OC)c(OC)c1. The summed E-state index contributed by atoms with van der Waals surface area (Å²) >= 11 is 0. The third-order valence-electron chi connectivity index (χ3n) is 3.31. The molecule has 0 aliphatic carbocycles. The third-order valence-corrected chi connectivity index (χ3v) is 3.31. The maximum absolute atomic E-state index is 14.4. The highest BCUT2D eigenvalue weighted by Crippen LogP contribution is 2.43. The van der Waals surface area contributed by atoms with Crippen LogP contribution in [0.4, 0.5) is 4.39 Å². The molecule has 0 aromatic heterocycles. The number of rotatable bonds is 6. The molecule has 0 atom stereocenters. The van der Waals surface area contributed by atoms with E-state index < -0.39 is 11.8 Å². The van der Waals surface area contributed by atoms with Gasteiger partial charge in [0.25, 0.3) is 0 Å². The zero-order chi connectivity index (χ0) is 17.7. The lowest BCUT2D eigenvalue weighted by Crippen LogP contribution is -2.05. The van der Waals surface area contributed by atoms with Gasteiger partial charge in [0.05, 0.1) is 26.9 Å². The summed E-state index contributed by atoms with van der Waals surface area (Å²) < 4.78 is 35.3. The molecular formula is C18H17FO5. The fourth-order valence-corrected chi connectivity index (χ4v) is 2.25. The zero-order valence-electron chi connectivity index (χ0n) is 13.6. The Balaban J connectivity index is 2.67. The molecule has 2 rings (SSSR count). The number of benzene rings is 2. The normalized spacial score (nSPS) is 10.0. The van der Waals surface area contributed by atoms with Gasteiger partial charge in [0.2, 0.25) is 5.75 Å². The minimum atomic E-state index is -0.686. The summed E-state index contributed by atoms with van der Waals surface area (Å²) in [5.41, 5.74) is 0.515. The predicted molar refractivity (Wildman–Crippen MR) is 87.3 cm³/mol. The van der Waals surface area contributed by atoms with Crippen molar-refractivity contribution in [3.63, 3.8) is 0 Å². The fraction of sp³-hybridized carbons (Fsp3) is 0.167. The second-order valence-electron chi connectivity index (χ2n) is 4.65. The second-order valence-corrected chi connectivity index (χ2v) is 4.65. The number of hydrogen-bond donors (Lipinski definition) is 0. The summed E-state index contributed by atoms with van der Waals surface area (Å²) in [4.78, 5) is 11.5. The van der Waals surface area contributed by atoms with E-state index in [0.717, 1.165) is 6.08 Å². The number of carbonyl (C=O) groups excluding carboxylic acids is 1. The molecule has 0 fully saturated rings. The summed E-state index contributed by atoms with van der Waals surface area (Å²) in [5.74, 6) is -0.0842. The standard InChI is InChI=1S/C18H17FO5/c1-5-16(20)24-13-8-6-7-12(19)17(13)11-9-14(21-2)18(23-4)15(10-11)22-3/h5-10H,1H2,2-4H3. The van der Waals surface area contributed by atoms with Gasteiger partial charge in [-0.05, 0) is 29.8 Å². The third kappa shape index (κ3) is 3.32. The highest BCUT2D eigenvalue weighted by molar-refractivity contribution is 5.86. The Morgan fingerprint density at radius 2 is 1.67 bits per heavy atom. The van der Waals surface area contributed by atoms with Crippen molar-refractivity contribution >= 4 is 5.97 Å². The topological polar surface area (TPSA) is 54.0 Å². The van der Waals surface area contributed by atoms with Gasteiger partial charge in [0.15, 0.2) is 11.5 Å². The molecule has 0 saturated heterocycles. The van der Waals surface area contributed by atoms with Gasteiger partial charge in [0, 0.05) is 6.08 Å². The van der Waals surface area contributed by atoms with Crippen molar-refractivity contribution in [3.8, 4) is 34.1 Å². The Morgan fingerprint density at radius 1 is 1.04 bits per heavy atom. The number of hydrogen-bond acceptors (Lipinski definition) is 5. The van der Waals surface area contributed by atoms with Crippen LogP contribution >= 0.6 is 0 Å². The average molecular weight is 332 g/mol. The Hall–Kier alpha value is -3.02. The molecule has 0 saturated carbocycles. The Labute approximate surface area is 139 Å². The van der Waals surface area contributed by atoms with Gasteiger partial charge in [-0.2, -0.15) is 0 Å². The Bertz CT molecular complexity index is 745. The molecule has 6 heteroatoms. The van der Waals surface area contributed by atoms with E-state index in [1.165, 1.54) is 39.5 Å². The van der Waals surface area contributed by atoms with Crippen LogP contribution in [-0.2, 0) is 4.79 Å². The molecule has 0 amide bonds. The molecule has 5 nitrogen and oxygen atoms in total. The van der Waals surface area contributed by atoms with Crippen molar-refractivity contribution in [3.05, 3.63) is 48.8 Å².